The monoisotopic (exact) mass is 354 g/mol. The van der Waals surface area contributed by atoms with Gasteiger partial charge in [0.15, 0.2) is 0 Å². The van der Waals surface area contributed by atoms with E-state index >= 15 is 0 Å². The maximum absolute atomic E-state index is 6.25. The molecule has 2 rings (SSSR count). The average molecular weight is 355 g/mol. The van der Waals surface area contributed by atoms with Crippen molar-refractivity contribution in [2.75, 3.05) is 0 Å². The summed E-state index contributed by atoms with van der Waals surface area (Å²) >= 11 is 0. The van der Waals surface area contributed by atoms with Gasteiger partial charge in [-0.05, 0) is 49.7 Å². The number of benzene rings is 2. The molecule has 0 heterocycles. The highest BCUT2D eigenvalue weighted by Crippen LogP contribution is 2.38. The lowest BCUT2D eigenvalue weighted by molar-refractivity contribution is -0.422. The van der Waals surface area contributed by atoms with Crippen molar-refractivity contribution in [2.45, 2.75) is 65.6 Å². The van der Waals surface area contributed by atoms with Crippen LogP contribution in [-0.2, 0) is 21.0 Å². The van der Waals surface area contributed by atoms with Crippen LogP contribution in [0.4, 0.5) is 0 Å². The van der Waals surface area contributed by atoms with Crippen molar-refractivity contribution < 1.29 is 9.78 Å². The Hall–Kier alpha value is -1.64. The zero-order chi connectivity index (χ0) is 19.2. The summed E-state index contributed by atoms with van der Waals surface area (Å²) in [6.07, 6.45) is 1.78. The zero-order valence-electron chi connectivity index (χ0n) is 17.2. The third-order valence-electron chi connectivity index (χ3n) is 4.77. The highest BCUT2D eigenvalue weighted by molar-refractivity contribution is 5.23. The lowest BCUT2D eigenvalue weighted by atomic mass is 9.87. The fourth-order valence-electron chi connectivity index (χ4n) is 3.72. The SMILES string of the molecule is CC(C)CC(C)(OOC(C)(CC(C)C)c1ccccc1)c1ccccc1. The Balaban J connectivity index is 2.29. The molecule has 0 fully saturated rings. The van der Waals surface area contributed by atoms with Gasteiger partial charge in [0.25, 0.3) is 0 Å². The Morgan fingerprint density at radius 2 is 0.923 bits per heavy atom. The van der Waals surface area contributed by atoms with Crippen molar-refractivity contribution in [3.63, 3.8) is 0 Å². The van der Waals surface area contributed by atoms with E-state index in [1.165, 1.54) is 0 Å². The third-order valence-corrected chi connectivity index (χ3v) is 4.77. The number of hydrogen-bond donors (Lipinski definition) is 0. The Kier molecular flexibility index (Phi) is 7.02. The van der Waals surface area contributed by atoms with Crippen molar-refractivity contribution in [2.24, 2.45) is 11.8 Å². The molecule has 0 bridgehead atoms. The molecule has 0 radical (unpaired) electrons. The maximum atomic E-state index is 6.25. The first-order valence-electron chi connectivity index (χ1n) is 9.73. The molecule has 2 atom stereocenters. The van der Waals surface area contributed by atoms with E-state index in [2.05, 4.69) is 90.1 Å². The molecule has 0 spiro atoms. The molecule has 0 saturated carbocycles. The quantitative estimate of drug-likeness (QED) is 0.362. The number of hydrogen-bond acceptors (Lipinski definition) is 2. The van der Waals surface area contributed by atoms with Gasteiger partial charge in [0.2, 0.25) is 0 Å². The highest BCUT2D eigenvalue weighted by Gasteiger charge is 2.36. The first kappa shape index (κ1) is 20.7. The van der Waals surface area contributed by atoms with Crippen LogP contribution in [0.3, 0.4) is 0 Å². The molecule has 2 nitrogen and oxygen atoms in total. The van der Waals surface area contributed by atoms with Crippen LogP contribution in [-0.4, -0.2) is 0 Å². The minimum Gasteiger partial charge on any atom is -0.225 e. The van der Waals surface area contributed by atoms with Gasteiger partial charge in [0.1, 0.15) is 11.2 Å². The van der Waals surface area contributed by atoms with Gasteiger partial charge < -0.3 is 0 Å². The fraction of sp³-hybridized carbons (Fsp3) is 0.500. The molecule has 0 N–H and O–H groups in total. The second-order valence-corrected chi connectivity index (χ2v) is 8.56. The lowest BCUT2D eigenvalue weighted by Crippen LogP contribution is -2.35. The molecular formula is C24H34O2. The Labute approximate surface area is 159 Å². The summed E-state index contributed by atoms with van der Waals surface area (Å²) in [5.74, 6) is 0.994. The largest absolute Gasteiger partial charge is 0.225 e. The van der Waals surface area contributed by atoms with E-state index in [1.54, 1.807) is 0 Å². The molecule has 2 unspecified atom stereocenters. The second kappa shape index (κ2) is 8.83. The molecule has 0 aliphatic rings. The van der Waals surface area contributed by atoms with Crippen LogP contribution < -0.4 is 0 Å². The summed E-state index contributed by atoms with van der Waals surface area (Å²) in [6.45, 7) is 13.1. The van der Waals surface area contributed by atoms with E-state index in [0.717, 1.165) is 24.0 Å². The smallest absolute Gasteiger partial charge is 0.126 e. The Morgan fingerprint density at radius 3 is 1.19 bits per heavy atom. The number of rotatable bonds is 9. The maximum Gasteiger partial charge on any atom is 0.126 e. The van der Waals surface area contributed by atoms with Gasteiger partial charge in [-0.25, -0.2) is 9.78 Å². The summed E-state index contributed by atoms with van der Waals surface area (Å²) < 4.78 is 0. The summed E-state index contributed by atoms with van der Waals surface area (Å²) in [5, 5.41) is 0. The molecule has 0 aromatic heterocycles. The molecule has 0 amide bonds. The van der Waals surface area contributed by atoms with Crippen LogP contribution in [0.25, 0.3) is 0 Å². The van der Waals surface area contributed by atoms with E-state index in [0.29, 0.717) is 11.8 Å². The Bertz CT molecular complexity index is 591. The molecule has 0 aliphatic carbocycles. The van der Waals surface area contributed by atoms with Crippen molar-refractivity contribution in [3.8, 4) is 0 Å². The molecule has 2 aromatic carbocycles. The molecule has 2 heteroatoms. The van der Waals surface area contributed by atoms with E-state index in [-0.39, 0.29) is 0 Å². The minimum absolute atomic E-state index is 0.484. The van der Waals surface area contributed by atoms with Crippen LogP contribution in [0.2, 0.25) is 0 Å². The summed E-state index contributed by atoms with van der Waals surface area (Å²) in [5.41, 5.74) is 1.33. The van der Waals surface area contributed by atoms with Gasteiger partial charge >= 0.3 is 0 Å². The molecule has 0 aliphatic heterocycles. The van der Waals surface area contributed by atoms with Crippen LogP contribution in [0.5, 0.6) is 0 Å². The first-order chi connectivity index (χ1) is 12.3. The second-order valence-electron chi connectivity index (χ2n) is 8.56. The van der Waals surface area contributed by atoms with E-state index < -0.39 is 11.2 Å². The van der Waals surface area contributed by atoms with Crippen LogP contribution in [0.1, 0.15) is 65.5 Å². The minimum atomic E-state index is -0.484. The zero-order valence-corrected chi connectivity index (χ0v) is 17.2. The topological polar surface area (TPSA) is 18.5 Å². The third kappa shape index (κ3) is 5.43. The lowest BCUT2D eigenvalue weighted by Gasteiger charge is -2.37. The summed E-state index contributed by atoms with van der Waals surface area (Å²) in [7, 11) is 0. The fourth-order valence-corrected chi connectivity index (χ4v) is 3.72. The van der Waals surface area contributed by atoms with Crippen molar-refractivity contribution in [1.29, 1.82) is 0 Å². The molecule has 142 valence electrons. The standard InChI is InChI=1S/C24H34O2/c1-19(2)17-23(5,21-13-9-7-10-14-21)25-26-24(6,18-20(3)4)22-15-11-8-12-16-22/h7-16,19-20H,17-18H2,1-6H3. The summed E-state index contributed by atoms with van der Waals surface area (Å²) in [4.78, 5) is 12.5. The van der Waals surface area contributed by atoms with Gasteiger partial charge in [0, 0.05) is 0 Å². The van der Waals surface area contributed by atoms with Crippen molar-refractivity contribution >= 4 is 0 Å². The van der Waals surface area contributed by atoms with E-state index in [4.69, 9.17) is 9.78 Å². The molecular weight excluding hydrogens is 320 g/mol. The van der Waals surface area contributed by atoms with Crippen LogP contribution in [0.15, 0.2) is 60.7 Å². The van der Waals surface area contributed by atoms with E-state index in [9.17, 15) is 0 Å². The van der Waals surface area contributed by atoms with Crippen molar-refractivity contribution in [1.82, 2.24) is 0 Å². The van der Waals surface area contributed by atoms with Gasteiger partial charge in [-0.1, -0.05) is 88.4 Å². The average Bonchev–Trinajstić information content (AvgIpc) is 2.60. The molecule has 2 aromatic rings. The highest BCUT2D eigenvalue weighted by atomic mass is 17.2. The van der Waals surface area contributed by atoms with Gasteiger partial charge in [-0.15, -0.1) is 0 Å². The normalized spacial score (nSPS) is 16.5. The van der Waals surface area contributed by atoms with Crippen molar-refractivity contribution in [3.05, 3.63) is 71.8 Å². The predicted octanol–water partition coefficient (Wildman–Crippen LogP) is 6.86. The van der Waals surface area contributed by atoms with Crippen LogP contribution in [0, 0.1) is 11.8 Å². The van der Waals surface area contributed by atoms with Gasteiger partial charge in [0.05, 0.1) is 0 Å². The first-order valence-corrected chi connectivity index (χ1v) is 9.73. The van der Waals surface area contributed by atoms with Crippen LogP contribution >= 0.6 is 0 Å². The van der Waals surface area contributed by atoms with Gasteiger partial charge in [-0.3, -0.25) is 0 Å². The Morgan fingerprint density at radius 1 is 0.615 bits per heavy atom. The molecule has 26 heavy (non-hydrogen) atoms. The predicted molar refractivity (Wildman–Crippen MR) is 109 cm³/mol. The van der Waals surface area contributed by atoms with Gasteiger partial charge in [-0.2, -0.15) is 0 Å². The summed E-state index contributed by atoms with van der Waals surface area (Å²) in [6, 6.07) is 20.8. The molecule has 0 saturated heterocycles. The van der Waals surface area contributed by atoms with E-state index in [1.807, 2.05) is 12.1 Å².